The van der Waals surface area contributed by atoms with Gasteiger partial charge in [-0.25, -0.2) is 0 Å². The molecule has 1 spiro atoms. The largest absolute Gasteiger partial charge is 0.0649 e. The van der Waals surface area contributed by atoms with E-state index in [0.29, 0.717) is 21.7 Å². The first kappa shape index (κ1) is 36.9. The molecule has 8 aliphatic carbocycles. The van der Waals surface area contributed by atoms with Crippen molar-refractivity contribution < 1.29 is 0 Å². The minimum absolute atomic E-state index is 0.507. The van der Waals surface area contributed by atoms with Crippen molar-refractivity contribution in [1.82, 2.24) is 0 Å². The molecule has 8 aliphatic rings. The summed E-state index contributed by atoms with van der Waals surface area (Å²) in [5.41, 5.74) is 2.18. The fourth-order valence-electron chi connectivity index (χ4n) is 19.4. The molecular formula is C50H86. The summed E-state index contributed by atoms with van der Waals surface area (Å²) in [5.74, 6) is 17.1. The van der Waals surface area contributed by atoms with Crippen LogP contribution in [0.25, 0.3) is 0 Å². The van der Waals surface area contributed by atoms with E-state index in [2.05, 4.69) is 76.2 Å². The van der Waals surface area contributed by atoms with E-state index in [4.69, 9.17) is 0 Å². The van der Waals surface area contributed by atoms with Crippen LogP contribution in [0.15, 0.2) is 0 Å². The Kier molecular flexibility index (Phi) is 9.65. The van der Waals surface area contributed by atoms with Gasteiger partial charge in [0, 0.05) is 0 Å². The van der Waals surface area contributed by atoms with Crippen molar-refractivity contribution >= 4 is 0 Å². The minimum atomic E-state index is 0.507. The van der Waals surface area contributed by atoms with Gasteiger partial charge >= 0.3 is 0 Å². The molecule has 50 heavy (non-hydrogen) atoms. The molecule has 0 heteroatoms. The predicted molar refractivity (Wildman–Crippen MR) is 215 cm³/mol. The van der Waals surface area contributed by atoms with Gasteiger partial charge in [0.1, 0.15) is 0 Å². The molecule has 17 unspecified atom stereocenters. The summed E-state index contributed by atoms with van der Waals surface area (Å²) in [7, 11) is 0. The van der Waals surface area contributed by atoms with Gasteiger partial charge in [-0.15, -0.1) is 0 Å². The zero-order valence-corrected chi connectivity index (χ0v) is 35.5. The number of fused-ring (bicyclic) bond motifs is 13. The van der Waals surface area contributed by atoms with Crippen LogP contribution in [0.1, 0.15) is 192 Å². The second-order valence-corrected chi connectivity index (χ2v) is 23.4. The second-order valence-electron chi connectivity index (χ2n) is 23.4. The summed E-state index contributed by atoms with van der Waals surface area (Å²) in [6.07, 6.45) is 27.6. The van der Waals surface area contributed by atoms with Gasteiger partial charge < -0.3 is 0 Å². The topological polar surface area (TPSA) is 0 Å². The number of hydrogen-bond acceptors (Lipinski definition) is 0. The highest BCUT2D eigenvalue weighted by Gasteiger charge is 2.73. The Bertz CT molecular complexity index is 1170. The van der Waals surface area contributed by atoms with Crippen LogP contribution in [-0.2, 0) is 0 Å². The molecule has 0 aromatic carbocycles. The molecule has 0 heterocycles. The van der Waals surface area contributed by atoms with E-state index in [0.717, 1.165) is 101 Å². The summed E-state index contributed by atoms with van der Waals surface area (Å²) in [4.78, 5) is 0. The lowest BCUT2D eigenvalue weighted by Crippen LogP contribution is -2.54. The first-order valence-corrected chi connectivity index (χ1v) is 23.8. The summed E-state index contributed by atoms with van der Waals surface area (Å²) < 4.78 is 0. The number of hydrogen-bond donors (Lipinski definition) is 0. The van der Waals surface area contributed by atoms with E-state index in [1.54, 1.807) is 64.2 Å². The van der Waals surface area contributed by atoms with E-state index in [9.17, 15) is 0 Å². The summed E-state index contributed by atoms with van der Waals surface area (Å²) >= 11 is 0. The van der Waals surface area contributed by atoms with Crippen LogP contribution in [0.5, 0.6) is 0 Å². The smallest absolute Gasteiger partial charge is 0.0227 e. The quantitative estimate of drug-likeness (QED) is 0.261. The third kappa shape index (κ3) is 5.19. The van der Waals surface area contributed by atoms with E-state index >= 15 is 0 Å². The predicted octanol–water partition coefficient (Wildman–Crippen LogP) is 14.8. The summed E-state index contributed by atoms with van der Waals surface area (Å²) in [5, 5.41) is 0. The molecule has 8 rings (SSSR count). The SMILES string of the molecule is CCC(C)(CC)C1CC(C(C)(CC)CC)CC2(C1)C1CCC3C(C4CCC5CCCCC5C4C3(C)C)C1C1CC(C)C3C(C)CC(C)CC3C12. The highest BCUT2D eigenvalue weighted by molar-refractivity contribution is 5.21. The van der Waals surface area contributed by atoms with Gasteiger partial charge in [0.2, 0.25) is 0 Å². The lowest BCUT2D eigenvalue weighted by molar-refractivity contribution is -0.124. The Hall–Kier alpha value is 0. The second kappa shape index (κ2) is 13.1. The van der Waals surface area contributed by atoms with E-state index < -0.39 is 0 Å². The average Bonchev–Trinajstić information content (AvgIpc) is 3.51. The van der Waals surface area contributed by atoms with Crippen molar-refractivity contribution in [1.29, 1.82) is 0 Å². The molecule has 0 aliphatic heterocycles. The molecule has 0 aromatic rings. The Labute approximate surface area is 313 Å². The Morgan fingerprint density at radius 2 is 1.08 bits per heavy atom. The normalized spacial score (nSPS) is 52.7. The maximum atomic E-state index is 2.85. The van der Waals surface area contributed by atoms with Gasteiger partial charge in [0.15, 0.2) is 0 Å². The maximum absolute atomic E-state index is 2.85. The van der Waals surface area contributed by atoms with Crippen LogP contribution < -0.4 is 0 Å². The first-order chi connectivity index (χ1) is 23.8. The molecule has 17 atom stereocenters. The fraction of sp³-hybridized carbons (Fsp3) is 1.00. The molecular weight excluding hydrogens is 601 g/mol. The van der Waals surface area contributed by atoms with Gasteiger partial charge in [-0.05, 0) is 193 Å². The van der Waals surface area contributed by atoms with Crippen LogP contribution in [0.3, 0.4) is 0 Å². The Morgan fingerprint density at radius 1 is 0.520 bits per heavy atom. The molecule has 0 nitrogen and oxygen atoms in total. The molecule has 0 saturated heterocycles. The van der Waals surface area contributed by atoms with Crippen molar-refractivity contribution in [3.8, 4) is 0 Å². The summed E-state index contributed by atoms with van der Waals surface area (Å²) in [6.45, 7) is 29.8. The van der Waals surface area contributed by atoms with Crippen LogP contribution in [0.2, 0.25) is 0 Å². The zero-order chi connectivity index (χ0) is 35.5. The molecule has 0 amide bonds. The Morgan fingerprint density at radius 3 is 1.72 bits per heavy atom. The van der Waals surface area contributed by atoms with Crippen LogP contribution in [0, 0.1) is 122 Å². The molecule has 8 fully saturated rings. The van der Waals surface area contributed by atoms with Gasteiger partial charge in [0.05, 0.1) is 0 Å². The van der Waals surface area contributed by atoms with Gasteiger partial charge in [-0.2, -0.15) is 0 Å². The van der Waals surface area contributed by atoms with Gasteiger partial charge in [-0.1, -0.05) is 121 Å². The van der Waals surface area contributed by atoms with E-state index in [1.165, 1.54) is 51.4 Å². The highest BCUT2D eigenvalue weighted by Crippen LogP contribution is 2.79. The molecule has 0 aromatic heterocycles. The molecule has 8 saturated carbocycles. The lowest BCUT2D eigenvalue weighted by Gasteiger charge is -2.61. The third-order valence-electron chi connectivity index (χ3n) is 22.0. The molecule has 0 radical (unpaired) electrons. The average molecular weight is 687 g/mol. The van der Waals surface area contributed by atoms with Crippen LogP contribution in [0.4, 0.5) is 0 Å². The lowest BCUT2D eigenvalue weighted by atomic mass is 9.43. The van der Waals surface area contributed by atoms with Crippen molar-refractivity contribution in [2.24, 2.45) is 122 Å². The third-order valence-corrected chi connectivity index (χ3v) is 22.0. The van der Waals surface area contributed by atoms with Crippen LogP contribution in [-0.4, -0.2) is 0 Å². The fourth-order valence-corrected chi connectivity index (χ4v) is 19.4. The highest BCUT2D eigenvalue weighted by atomic mass is 14.8. The van der Waals surface area contributed by atoms with Crippen molar-refractivity contribution in [2.45, 2.75) is 192 Å². The Balaban J connectivity index is 1.29. The van der Waals surface area contributed by atoms with Crippen molar-refractivity contribution in [3.63, 3.8) is 0 Å². The first-order valence-electron chi connectivity index (χ1n) is 23.8. The zero-order valence-electron chi connectivity index (χ0n) is 35.5. The maximum Gasteiger partial charge on any atom is -0.0227 e. The monoisotopic (exact) mass is 687 g/mol. The van der Waals surface area contributed by atoms with Crippen LogP contribution >= 0.6 is 0 Å². The standard InChI is InChI=1S/C50H86/c1-12-48(10,13-2)34-27-35(49(11,14-3)15-4)29-50(28-34)41-23-22-40-43(37-21-20-33-18-16-17-19-36(33)45(37)47(40,8)9)44(41)39-26-32(7)42-31(6)24-30(5)25-38(42)46(39)50/h30-46H,12-29H2,1-11H3. The van der Waals surface area contributed by atoms with E-state index in [-0.39, 0.29) is 0 Å². The number of rotatable bonds is 6. The van der Waals surface area contributed by atoms with Gasteiger partial charge in [0.25, 0.3) is 0 Å². The molecule has 0 bridgehead atoms. The molecule has 0 N–H and O–H groups in total. The summed E-state index contributed by atoms with van der Waals surface area (Å²) in [6, 6.07) is 0. The molecule has 286 valence electrons. The van der Waals surface area contributed by atoms with Gasteiger partial charge in [-0.3, -0.25) is 0 Å². The minimum Gasteiger partial charge on any atom is -0.0649 e. The van der Waals surface area contributed by atoms with Crippen molar-refractivity contribution in [3.05, 3.63) is 0 Å². The van der Waals surface area contributed by atoms with E-state index in [1.807, 2.05) is 0 Å². The van der Waals surface area contributed by atoms with Crippen molar-refractivity contribution in [2.75, 3.05) is 0 Å².